The van der Waals surface area contributed by atoms with Gasteiger partial charge in [0.05, 0.1) is 14.2 Å². The van der Waals surface area contributed by atoms with E-state index in [0.29, 0.717) is 6.04 Å². The van der Waals surface area contributed by atoms with Crippen LogP contribution in [-0.4, -0.2) is 64.3 Å². The van der Waals surface area contributed by atoms with Crippen LogP contribution < -0.4 is 20.1 Å². The summed E-state index contributed by atoms with van der Waals surface area (Å²) in [5.41, 5.74) is 1.20. The lowest BCUT2D eigenvalue weighted by Gasteiger charge is -2.20. The Morgan fingerprint density at radius 1 is 1.11 bits per heavy atom. The Balaban J connectivity index is 2.41. The molecule has 27 heavy (non-hydrogen) atoms. The van der Waals surface area contributed by atoms with Crippen LogP contribution in [0.5, 0.6) is 11.5 Å². The van der Waals surface area contributed by atoms with Gasteiger partial charge in [-0.25, -0.2) is 0 Å². The van der Waals surface area contributed by atoms with Crippen LogP contribution in [0.15, 0.2) is 23.2 Å². The quantitative estimate of drug-likeness (QED) is 0.333. The molecule has 1 rings (SSSR count). The Hall–Kier alpha value is -1.95. The van der Waals surface area contributed by atoms with E-state index in [9.17, 15) is 0 Å². The minimum Gasteiger partial charge on any atom is -0.493 e. The van der Waals surface area contributed by atoms with E-state index >= 15 is 0 Å². The van der Waals surface area contributed by atoms with Crippen LogP contribution in [0.2, 0.25) is 0 Å². The average Bonchev–Trinajstić information content (AvgIpc) is 2.67. The first-order chi connectivity index (χ1) is 13.0. The molecule has 0 fully saturated rings. The number of nitrogens with one attached hydrogen (secondary N) is 2. The first kappa shape index (κ1) is 23.1. The Bertz CT molecular complexity index is 561. The number of methoxy groups -OCH3 is 2. The summed E-state index contributed by atoms with van der Waals surface area (Å²) in [5.74, 6) is 2.41. The van der Waals surface area contributed by atoms with Crippen molar-refractivity contribution >= 4 is 5.96 Å². The fraction of sp³-hybridized carbons (Fsp3) is 0.667. The molecule has 1 aromatic rings. The van der Waals surface area contributed by atoms with Gasteiger partial charge in [-0.3, -0.25) is 4.99 Å². The van der Waals surface area contributed by atoms with Gasteiger partial charge in [0.2, 0.25) is 0 Å². The summed E-state index contributed by atoms with van der Waals surface area (Å²) in [5, 5.41) is 6.72. The molecule has 154 valence electrons. The number of hydrogen-bond acceptors (Lipinski definition) is 4. The van der Waals surface area contributed by atoms with E-state index in [1.807, 2.05) is 12.1 Å². The molecular formula is C21H38N4O2. The summed E-state index contributed by atoms with van der Waals surface area (Å²) in [4.78, 5) is 7.05. The third-order valence-electron chi connectivity index (χ3n) is 4.57. The van der Waals surface area contributed by atoms with Gasteiger partial charge < -0.3 is 25.0 Å². The highest BCUT2D eigenvalue weighted by molar-refractivity contribution is 5.79. The Labute approximate surface area is 165 Å². The van der Waals surface area contributed by atoms with Crippen molar-refractivity contribution in [2.45, 2.75) is 46.1 Å². The Kier molecular flexibility index (Phi) is 11.3. The molecule has 1 aromatic carbocycles. The molecule has 0 radical (unpaired) electrons. The first-order valence-corrected chi connectivity index (χ1v) is 9.95. The molecule has 0 saturated heterocycles. The van der Waals surface area contributed by atoms with Crippen molar-refractivity contribution < 1.29 is 9.47 Å². The zero-order valence-corrected chi connectivity index (χ0v) is 18.0. The average molecular weight is 379 g/mol. The minimum atomic E-state index is 0.601. The van der Waals surface area contributed by atoms with Crippen LogP contribution in [0.1, 0.15) is 39.2 Å². The summed E-state index contributed by atoms with van der Waals surface area (Å²) in [7, 11) is 5.49. The summed E-state index contributed by atoms with van der Waals surface area (Å²) < 4.78 is 10.7. The largest absolute Gasteiger partial charge is 0.493 e. The SMILES string of the molecule is CCNC(=NCCCCN(C)C(C)C)NCCc1ccc(OC)c(OC)c1. The Morgan fingerprint density at radius 2 is 1.85 bits per heavy atom. The third kappa shape index (κ3) is 9.00. The molecule has 0 aliphatic carbocycles. The van der Waals surface area contributed by atoms with Gasteiger partial charge in [0.25, 0.3) is 0 Å². The molecule has 0 heterocycles. The molecule has 0 unspecified atom stereocenters. The predicted octanol–water partition coefficient (Wildman–Crippen LogP) is 2.92. The molecule has 6 heteroatoms. The van der Waals surface area contributed by atoms with E-state index in [0.717, 1.165) is 56.5 Å². The fourth-order valence-corrected chi connectivity index (χ4v) is 2.63. The lowest BCUT2D eigenvalue weighted by atomic mass is 10.1. The summed E-state index contributed by atoms with van der Waals surface area (Å²) in [6.45, 7) is 10.2. The fourth-order valence-electron chi connectivity index (χ4n) is 2.63. The summed E-state index contributed by atoms with van der Waals surface area (Å²) in [6, 6.07) is 6.64. The lowest BCUT2D eigenvalue weighted by molar-refractivity contribution is 0.269. The number of aliphatic imine (C=N–C) groups is 1. The maximum Gasteiger partial charge on any atom is 0.191 e. The number of nitrogens with zero attached hydrogens (tertiary/aromatic N) is 2. The zero-order valence-electron chi connectivity index (χ0n) is 18.0. The topological polar surface area (TPSA) is 58.1 Å². The van der Waals surface area contributed by atoms with Gasteiger partial charge in [0.15, 0.2) is 17.5 Å². The highest BCUT2D eigenvalue weighted by Gasteiger charge is 2.05. The van der Waals surface area contributed by atoms with Crippen LogP contribution in [0.3, 0.4) is 0 Å². The number of ether oxygens (including phenoxy) is 2. The molecule has 0 aromatic heterocycles. The number of hydrogen-bond donors (Lipinski definition) is 2. The monoisotopic (exact) mass is 378 g/mol. The normalized spacial score (nSPS) is 11.8. The van der Waals surface area contributed by atoms with Crippen LogP contribution in [-0.2, 0) is 6.42 Å². The van der Waals surface area contributed by atoms with Crippen molar-refractivity contribution in [3.8, 4) is 11.5 Å². The van der Waals surface area contributed by atoms with E-state index in [2.05, 4.69) is 54.4 Å². The van der Waals surface area contributed by atoms with Gasteiger partial charge in [-0.05, 0) is 71.3 Å². The minimum absolute atomic E-state index is 0.601. The van der Waals surface area contributed by atoms with Crippen molar-refractivity contribution in [1.29, 1.82) is 0 Å². The van der Waals surface area contributed by atoms with Crippen LogP contribution in [0.4, 0.5) is 0 Å². The van der Waals surface area contributed by atoms with Crippen molar-refractivity contribution in [2.75, 3.05) is 47.4 Å². The van der Waals surface area contributed by atoms with Crippen molar-refractivity contribution in [1.82, 2.24) is 15.5 Å². The van der Waals surface area contributed by atoms with E-state index in [4.69, 9.17) is 9.47 Å². The number of benzene rings is 1. The van der Waals surface area contributed by atoms with Gasteiger partial charge in [-0.1, -0.05) is 6.07 Å². The van der Waals surface area contributed by atoms with E-state index in [-0.39, 0.29) is 0 Å². The second-order valence-electron chi connectivity index (χ2n) is 6.91. The second kappa shape index (κ2) is 13.3. The van der Waals surface area contributed by atoms with Gasteiger partial charge in [-0.2, -0.15) is 0 Å². The molecular weight excluding hydrogens is 340 g/mol. The number of unbranched alkanes of at least 4 members (excludes halogenated alkanes) is 1. The molecule has 2 N–H and O–H groups in total. The Morgan fingerprint density at radius 3 is 2.48 bits per heavy atom. The molecule has 0 bridgehead atoms. The smallest absolute Gasteiger partial charge is 0.191 e. The van der Waals surface area contributed by atoms with E-state index in [1.165, 1.54) is 12.0 Å². The molecule has 0 aliphatic rings. The maximum absolute atomic E-state index is 5.37. The van der Waals surface area contributed by atoms with Gasteiger partial charge >= 0.3 is 0 Å². The second-order valence-corrected chi connectivity index (χ2v) is 6.91. The standard InChI is InChI=1S/C21H38N4O2/c1-7-22-21(23-13-8-9-15-25(4)17(2)3)24-14-12-18-10-11-19(26-5)20(16-18)27-6/h10-11,16-17H,7-9,12-15H2,1-6H3,(H2,22,23,24). The first-order valence-electron chi connectivity index (χ1n) is 9.95. The molecule has 0 atom stereocenters. The van der Waals surface area contributed by atoms with Gasteiger partial charge in [0.1, 0.15) is 0 Å². The number of guanidine groups is 1. The molecule has 6 nitrogen and oxygen atoms in total. The number of rotatable bonds is 12. The van der Waals surface area contributed by atoms with Crippen molar-refractivity contribution in [3.05, 3.63) is 23.8 Å². The molecule has 0 aliphatic heterocycles. The predicted molar refractivity (Wildman–Crippen MR) is 114 cm³/mol. The van der Waals surface area contributed by atoms with E-state index < -0.39 is 0 Å². The highest BCUT2D eigenvalue weighted by atomic mass is 16.5. The molecule has 0 amide bonds. The molecule has 0 saturated carbocycles. The van der Waals surface area contributed by atoms with Gasteiger partial charge in [-0.15, -0.1) is 0 Å². The van der Waals surface area contributed by atoms with Crippen molar-refractivity contribution in [3.63, 3.8) is 0 Å². The maximum atomic E-state index is 5.37. The third-order valence-corrected chi connectivity index (χ3v) is 4.57. The van der Waals surface area contributed by atoms with Crippen molar-refractivity contribution in [2.24, 2.45) is 4.99 Å². The molecule has 0 spiro atoms. The lowest BCUT2D eigenvalue weighted by Crippen LogP contribution is -2.38. The highest BCUT2D eigenvalue weighted by Crippen LogP contribution is 2.27. The van der Waals surface area contributed by atoms with Crippen LogP contribution >= 0.6 is 0 Å². The van der Waals surface area contributed by atoms with Crippen LogP contribution in [0, 0.1) is 0 Å². The van der Waals surface area contributed by atoms with Crippen LogP contribution in [0.25, 0.3) is 0 Å². The zero-order chi connectivity index (χ0) is 20.1. The van der Waals surface area contributed by atoms with Gasteiger partial charge in [0, 0.05) is 25.7 Å². The summed E-state index contributed by atoms with van der Waals surface area (Å²) >= 11 is 0. The summed E-state index contributed by atoms with van der Waals surface area (Å²) in [6.07, 6.45) is 3.16. The van der Waals surface area contributed by atoms with E-state index in [1.54, 1.807) is 14.2 Å².